The molecule has 5 aromatic rings. The molecule has 0 aliphatic carbocycles. The standard InChI is InChI=1S/C26H22N2O5S/c1-30-18-6-5-7-19(16-18)32-12-13-33-22-11-10-17(14-23(22)31-2)15-24-25(29)28-21-9-4-3-8-20(21)27-26(28)34-24/h3-11,14-16H,12-13H2,1-2H3/b24-15-. The predicted octanol–water partition coefficient (Wildman–Crippen LogP) is 3.93. The topological polar surface area (TPSA) is 71.3 Å². The first-order valence-corrected chi connectivity index (χ1v) is 11.5. The number of methoxy groups -OCH3 is 2. The Balaban J connectivity index is 1.32. The molecule has 0 aliphatic rings. The summed E-state index contributed by atoms with van der Waals surface area (Å²) in [6.07, 6.45) is 1.84. The van der Waals surface area contributed by atoms with E-state index in [-0.39, 0.29) is 5.56 Å². The Labute approximate surface area is 199 Å². The fraction of sp³-hybridized carbons (Fsp3) is 0.154. The van der Waals surface area contributed by atoms with Crippen molar-refractivity contribution in [3.63, 3.8) is 0 Å². The quantitative estimate of drug-likeness (QED) is 0.318. The van der Waals surface area contributed by atoms with E-state index in [1.54, 1.807) is 18.6 Å². The molecular formula is C26H22N2O5S. The fourth-order valence-electron chi connectivity index (χ4n) is 3.66. The van der Waals surface area contributed by atoms with Crippen LogP contribution in [0.1, 0.15) is 5.56 Å². The lowest BCUT2D eigenvalue weighted by Crippen LogP contribution is -2.22. The Morgan fingerprint density at radius 1 is 0.882 bits per heavy atom. The van der Waals surface area contributed by atoms with Gasteiger partial charge in [0.2, 0.25) is 0 Å². The normalized spacial score (nSPS) is 11.8. The summed E-state index contributed by atoms with van der Waals surface area (Å²) in [6, 6.07) is 20.6. The van der Waals surface area contributed by atoms with Crippen LogP contribution in [0.15, 0.2) is 71.5 Å². The maximum absolute atomic E-state index is 13.0. The van der Waals surface area contributed by atoms with E-state index in [4.69, 9.17) is 18.9 Å². The van der Waals surface area contributed by atoms with E-state index in [1.807, 2.05) is 72.8 Å². The van der Waals surface area contributed by atoms with Gasteiger partial charge in [-0.25, -0.2) is 9.38 Å². The van der Waals surface area contributed by atoms with E-state index >= 15 is 0 Å². The number of imidazole rings is 1. The van der Waals surface area contributed by atoms with Gasteiger partial charge in [-0.05, 0) is 48.0 Å². The van der Waals surface area contributed by atoms with Crippen LogP contribution in [0.25, 0.3) is 22.1 Å². The van der Waals surface area contributed by atoms with Gasteiger partial charge in [0, 0.05) is 6.07 Å². The van der Waals surface area contributed by atoms with Crippen molar-refractivity contribution in [2.24, 2.45) is 0 Å². The number of fused-ring (bicyclic) bond motifs is 3. The molecule has 0 aliphatic heterocycles. The van der Waals surface area contributed by atoms with E-state index in [9.17, 15) is 4.79 Å². The second-order valence-corrected chi connectivity index (χ2v) is 8.43. The number of hydrogen-bond donors (Lipinski definition) is 0. The Bertz CT molecular complexity index is 1570. The minimum atomic E-state index is -0.0808. The number of aromatic nitrogens is 2. The summed E-state index contributed by atoms with van der Waals surface area (Å²) in [6.45, 7) is 0.712. The molecule has 2 aromatic heterocycles. The molecule has 5 rings (SSSR count). The maximum Gasteiger partial charge on any atom is 0.274 e. The van der Waals surface area contributed by atoms with Crippen LogP contribution in [0.4, 0.5) is 0 Å². The molecular weight excluding hydrogens is 452 g/mol. The van der Waals surface area contributed by atoms with Crippen molar-refractivity contribution < 1.29 is 18.9 Å². The molecule has 34 heavy (non-hydrogen) atoms. The molecule has 0 bridgehead atoms. The van der Waals surface area contributed by atoms with E-state index < -0.39 is 0 Å². The molecule has 0 unspecified atom stereocenters. The lowest BCUT2D eigenvalue weighted by Gasteiger charge is -2.12. The highest BCUT2D eigenvalue weighted by Gasteiger charge is 2.11. The first-order valence-electron chi connectivity index (χ1n) is 10.7. The summed E-state index contributed by atoms with van der Waals surface area (Å²) in [4.78, 5) is 18.2. The summed E-state index contributed by atoms with van der Waals surface area (Å²) in [5.74, 6) is 2.63. The van der Waals surface area contributed by atoms with Gasteiger partial charge in [0.15, 0.2) is 16.5 Å². The third kappa shape index (κ3) is 4.27. The number of ether oxygens (including phenoxy) is 4. The van der Waals surface area contributed by atoms with E-state index in [2.05, 4.69) is 4.98 Å². The van der Waals surface area contributed by atoms with Crippen molar-refractivity contribution in [3.05, 3.63) is 87.2 Å². The van der Waals surface area contributed by atoms with Gasteiger partial charge in [-0.15, -0.1) is 0 Å². The van der Waals surface area contributed by atoms with Crippen molar-refractivity contribution in [1.82, 2.24) is 9.38 Å². The number of thiazole rings is 1. The van der Waals surface area contributed by atoms with Gasteiger partial charge < -0.3 is 18.9 Å². The van der Waals surface area contributed by atoms with Crippen molar-refractivity contribution in [3.8, 4) is 23.0 Å². The molecule has 3 aromatic carbocycles. The highest BCUT2D eigenvalue weighted by molar-refractivity contribution is 7.15. The van der Waals surface area contributed by atoms with Gasteiger partial charge in [-0.1, -0.05) is 35.6 Å². The lowest BCUT2D eigenvalue weighted by atomic mass is 10.2. The molecule has 8 heteroatoms. The molecule has 0 atom stereocenters. The van der Waals surface area contributed by atoms with Gasteiger partial charge in [-0.2, -0.15) is 0 Å². The Morgan fingerprint density at radius 2 is 1.71 bits per heavy atom. The van der Waals surface area contributed by atoms with Gasteiger partial charge >= 0.3 is 0 Å². The van der Waals surface area contributed by atoms with Gasteiger partial charge in [0.25, 0.3) is 5.56 Å². The Morgan fingerprint density at radius 3 is 2.56 bits per heavy atom. The summed E-state index contributed by atoms with van der Waals surface area (Å²) >= 11 is 1.37. The molecule has 0 radical (unpaired) electrons. The number of benzene rings is 3. The molecule has 0 amide bonds. The zero-order valence-corrected chi connectivity index (χ0v) is 19.5. The number of rotatable bonds is 8. The molecule has 0 saturated carbocycles. The SMILES string of the molecule is COc1cccc(OCCOc2ccc(/C=c3\sc4nc5ccccc5n4c3=O)cc2OC)c1. The van der Waals surface area contributed by atoms with Crippen LogP contribution in [0.3, 0.4) is 0 Å². The van der Waals surface area contributed by atoms with E-state index in [1.165, 1.54) is 11.3 Å². The molecule has 0 fully saturated rings. The predicted molar refractivity (Wildman–Crippen MR) is 133 cm³/mol. The van der Waals surface area contributed by atoms with Crippen LogP contribution in [0, 0.1) is 0 Å². The third-order valence-corrected chi connectivity index (χ3v) is 6.25. The van der Waals surface area contributed by atoms with Crippen molar-refractivity contribution >= 4 is 33.4 Å². The number of hydrogen-bond acceptors (Lipinski definition) is 7. The second kappa shape index (κ2) is 9.44. The highest BCUT2D eigenvalue weighted by atomic mass is 32.1. The smallest absolute Gasteiger partial charge is 0.274 e. The minimum Gasteiger partial charge on any atom is -0.497 e. The second-order valence-electron chi connectivity index (χ2n) is 7.42. The number of para-hydroxylation sites is 2. The molecule has 2 heterocycles. The van der Waals surface area contributed by atoms with Gasteiger partial charge in [0.1, 0.15) is 24.7 Å². The van der Waals surface area contributed by atoms with Crippen LogP contribution in [-0.2, 0) is 0 Å². The van der Waals surface area contributed by atoms with Crippen molar-refractivity contribution in [2.45, 2.75) is 0 Å². The maximum atomic E-state index is 13.0. The van der Waals surface area contributed by atoms with Crippen molar-refractivity contribution in [2.75, 3.05) is 27.4 Å². The largest absolute Gasteiger partial charge is 0.497 e. The Hall–Kier alpha value is -4.04. The van der Waals surface area contributed by atoms with E-state index in [0.29, 0.717) is 40.0 Å². The minimum absolute atomic E-state index is 0.0808. The third-order valence-electron chi connectivity index (χ3n) is 5.28. The summed E-state index contributed by atoms with van der Waals surface area (Å²) in [5, 5.41) is 0. The molecule has 0 saturated heterocycles. The first-order chi connectivity index (χ1) is 16.7. The van der Waals surface area contributed by atoms with Crippen LogP contribution in [0.5, 0.6) is 23.0 Å². The lowest BCUT2D eigenvalue weighted by molar-refractivity contribution is 0.211. The van der Waals surface area contributed by atoms with Crippen LogP contribution >= 0.6 is 11.3 Å². The molecule has 7 nitrogen and oxygen atoms in total. The van der Waals surface area contributed by atoms with Gasteiger partial charge in [-0.3, -0.25) is 4.79 Å². The van der Waals surface area contributed by atoms with Crippen LogP contribution < -0.4 is 29.0 Å². The van der Waals surface area contributed by atoms with Crippen LogP contribution in [-0.4, -0.2) is 36.8 Å². The highest BCUT2D eigenvalue weighted by Crippen LogP contribution is 2.28. The zero-order valence-electron chi connectivity index (χ0n) is 18.7. The molecule has 0 spiro atoms. The van der Waals surface area contributed by atoms with Crippen LogP contribution in [0.2, 0.25) is 0 Å². The summed E-state index contributed by atoms with van der Waals surface area (Å²) < 4.78 is 24.5. The molecule has 0 N–H and O–H groups in total. The first kappa shape index (κ1) is 21.8. The Kier molecular flexibility index (Phi) is 6.05. The van der Waals surface area contributed by atoms with Gasteiger partial charge in [0.05, 0.1) is 29.8 Å². The molecule has 172 valence electrons. The van der Waals surface area contributed by atoms with Crippen molar-refractivity contribution in [1.29, 1.82) is 0 Å². The average Bonchev–Trinajstić information content (AvgIpc) is 3.38. The monoisotopic (exact) mass is 474 g/mol. The fourth-order valence-corrected chi connectivity index (χ4v) is 4.65. The number of nitrogens with zero attached hydrogens (tertiary/aromatic N) is 2. The zero-order chi connectivity index (χ0) is 23.5. The summed E-state index contributed by atoms with van der Waals surface area (Å²) in [7, 11) is 3.20. The summed E-state index contributed by atoms with van der Waals surface area (Å²) in [5.41, 5.74) is 2.39. The van der Waals surface area contributed by atoms with E-state index in [0.717, 1.165) is 22.3 Å². The average molecular weight is 475 g/mol.